The lowest BCUT2D eigenvalue weighted by Gasteiger charge is -2.13. The lowest BCUT2D eigenvalue weighted by atomic mass is 10.2. The first kappa shape index (κ1) is 21.4. The predicted octanol–water partition coefficient (Wildman–Crippen LogP) is 3.08. The van der Waals surface area contributed by atoms with Gasteiger partial charge >= 0.3 is 0 Å². The molecule has 0 spiro atoms. The van der Waals surface area contributed by atoms with Gasteiger partial charge < -0.3 is 19.5 Å². The third-order valence-corrected chi connectivity index (χ3v) is 4.25. The van der Waals surface area contributed by atoms with E-state index < -0.39 is 12.2 Å². The van der Waals surface area contributed by atoms with Gasteiger partial charge in [0.25, 0.3) is 5.91 Å². The molecule has 0 bridgehead atoms. The summed E-state index contributed by atoms with van der Waals surface area (Å²) in [5.41, 5.74) is 1.30. The van der Waals surface area contributed by atoms with Crippen LogP contribution in [0.15, 0.2) is 54.7 Å². The van der Waals surface area contributed by atoms with Crippen LogP contribution in [0.1, 0.15) is 16.1 Å². The van der Waals surface area contributed by atoms with Crippen LogP contribution in [-0.2, 0) is 16.1 Å². The van der Waals surface area contributed by atoms with Gasteiger partial charge in [0.15, 0.2) is 17.7 Å². The van der Waals surface area contributed by atoms with Gasteiger partial charge in [-0.2, -0.15) is 5.10 Å². The molecule has 0 fully saturated rings. The number of hydrogen-bond acceptors (Lipinski definition) is 5. The zero-order valence-corrected chi connectivity index (χ0v) is 16.5. The summed E-state index contributed by atoms with van der Waals surface area (Å²) in [5.74, 6) is -1.02. The van der Waals surface area contributed by atoms with E-state index in [2.05, 4.69) is 10.4 Å². The zero-order valence-electron chi connectivity index (χ0n) is 16.5. The summed E-state index contributed by atoms with van der Waals surface area (Å²) in [6, 6.07) is 11.4. The number of carbonyl (C=O) groups excluding carboxylic acids is 1. The Bertz CT molecular complexity index is 971. The maximum Gasteiger partial charge on any atom is 0.275 e. The van der Waals surface area contributed by atoms with Gasteiger partial charge in [0.2, 0.25) is 0 Å². The number of ether oxygens (including phenoxy) is 3. The molecule has 3 aromatic rings. The highest BCUT2D eigenvalue weighted by atomic mass is 19.1. The number of rotatable bonds is 9. The van der Waals surface area contributed by atoms with Crippen molar-refractivity contribution in [2.24, 2.45) is 0 Å². The maximum absolute atomic E-state index is 13.2. The Balaban J connectivity index is 1.82. The Morgan fingerprint density at radius 1 is 1.03 bits per heavy atom. The van der Waals surface area contributed by atoms with Crippen molar-refractivity contribution in [1.82, 2.24) is 15.1 Å². The van der Waals surface area contributed by atoms with Crippen LogP contribution in [-0.4, -0.2) is 42.7 Å². The van der Waals surface area contributed by atoms with Gasteiger partial charge in [0.1, 0.15) is 18.2 Å². The third-order valence-electron chi connectivity index (χ3n) is 4.25. The summed E-state index contributed by atoms with van der Waals surface area (Å²) < 4.78 is 43.6. The summed E-state index contributed by atoms with van der Waals surface area (Å²) >= 11 is 0. The van der Waals surface area contributed by atoms with Crippen molar-refractivity contribution in [3.05, 3.63) is 77.6 Å². The van der Waals surface area contributed by atoms with Gasteiger partial charge in [0, 0.05) is 14.2 Å². The van der Waals surface area contributed by atoms with Gasteiger partial charge in [-0.05, 0) is 42.0 Å². The monoisotopic (exact) mass is 417 g/mol. The molecule has 0 saturated heterocycles. The Morgan fingerprint density at radius 3 is 2.23 bits per heavy atom. The number of benzene rings is 2. The molecule has 0 radical (unpaired) electrons. The molecule has 1 N–H and O–H groups in total. The minimum atomic E-state index is -0.614. The fourth-order valence-corrected chi connectivity index (χ4v) is 2.61. The molecule has 7 nitrogen and oxygen atoms in total. The first-order valence-corrected chi connectivity index (χ1v) is 9.06. The molecule has 2 aromatic carbocycles. The second-order valence-electron chi connectivity index (χ2n) is 6.29. The summed E-state index contributed by atoms with van der Waals surface area (Å²) in [4.78, 5) is 12.7. The van der Waals surface area contributed by atoms with Crippen LogP contribution >= 0.6 is 0 Å². The fraction of sp³-hybridized carbons (Fsp3) is 0.238. The third kappa shape index (κ3) is 5.40. The normalized spacial score (nSPS) is 11.0. The first-order chi connectivity index (χ1) is 14.5. The summed E-state index contributed by atoms with van der Waals surface area (Å²) in [6.45, 7) is 0.209. The summed E-state index contributed by atoms with van der Waals surface area (Å²) in [5, 5.41) is 6.95. The highest BCUT2D eigenvalue weighted by molar-refractivity contribution is 5.95. The number of amides is 1. The topological polar surface area (TPSA) is 74.6 Å². The van der Waals surface area contributed by atoms with Crippen LogP contribution in [0.3, 0.4) is 0 Å². The van der Waals surface area contributed by atoms with E-state index >= 15 is 0 Å². The predicted molar refractivity (Wildman–Crippen MR) is 104 cm³/mol. The maximum atomic E-state index is 13.2. The highest BCUT2D eigenvalue weighted by Crippen LogP contribution is 2.22. The molecule has 0 aliphatic rings. The van der Waals surface area contributed by atoms with Gasteiger partial charge in [-0.25, -0.2) is 13.5 Å². The lowest BCUT2D eigenvalue weighted by molar-refractivity contribution is -0.0974. The molecular formula is C21H21F2N3O4. The van der Waals surface area contributed by atoms with E-state index in [0.717, 1.165) is 5.56 Å². The quantitative estimate of drug-likeness (QED) is 0.542. The Kier molecular flexibility index (Phi) is 7.10. The van der Waals surface area contributed by atoms with Gasteiger partial charge in [-0.3, -0.25) is 4.79 Å². The second kappa shape index (κ2) is 9.95. The molecule has 3 rings (SSSR count). The number of hydrogen-bond donors (Lipinski definition) is 1. The Hall–Kier alpha value is -3.30. The van der Waals surface area contributed by atoms with Crippen molar-refractivity contribution in [1.29, 1.82) is 0 Å². The molecule has 30 heavy (non-hydrogen) atoms. The molecule has 0 atom stereocenters. The first-order valence-electron chi connectivity index (χ1n) is 9.06. The van der Waals surface area contributed by atoms with E-state index in [0.29, 0.717) is 5.69 Å². The van der Waals surface area contributed by atoms with E-state index in [1.165, 1.54) is 61.5 Å². The summed E-state index contributed by atoms with van der Waals surface area (Å²) in [7, 11) is 2.92. The van der Waals surface area contributed by atoms with Crippen LogP contribution in [0.4, 0.5) is 8.78 Å². The number of carbonyl (C=O) groups is 1. The number of nitrogens with zero attached hydrogens (tertiary/aromatic N) is 2. The average Bonchev–Trinajstić information content (AvgIpc) is 3.19. The van der Waals surface area contributed by atoms with Crippen molar-refractivity contribution in [3.63, 3.8) is 0 Å². The van der Waals surface area contributed by atoms with Crippen LogP contribution in [0.5, 0.6) is 5.75 Å². The van der Waals surface area contributed by atoms with Crippen molar-refractivity contribution in [2.45, 2.75) is 12.9 Å². The van der Waals surface area contributed by atoms with Crippen LogP contribution < -0.4 is 10.1 Å². The molecule has 0 saturated carbocycles. The standard InChI is InChI=1S/C21H21F2N3O4/c1-28-19(29-2)11-24-21(27)20-18(30-13-14-3-5-15(22)6-4-14)12-26(25-20)17-9-7-16(23)8-10-17/h3-10,12,19H,11,13H2,1-2H3,(H,24,27). The van der Waals surface area contributed by atoms with Crippen molar-refractivity contribution < 1.29 is 27.8 Å². The molecule has 0 unspecified atom stereocenters. The van der Waals surface area contributed by atoms with Crippen LogP contribution in [0.2, 0.25) is 0 Å². The van der Waals surface area contributed by atoms with E-state index in [9.17, 15) is 13.6 Å². The smallest absolute Gasteiger partial charge is 0.275 e. The summed E-state index contributed by atoms with van der Waals surface area (Å²) in [6.07, 6.45) is 0.909. The Labute approximate surface area is 172 Å². The number of aromatic nitrogens is 2. The van der Waals surface area contributed by atoms with Crippen molar-refractivity contribution in [2.75, 3.05) is 20.8 Å². The minimum absolute atomic E-state index is 0.0346. The van der Waals surface area contributed by atoms with Gasteiger partial charge in [0.05, 0.1) is 18.4 Å². The van der Waals surface area contributed by atoms with Gasteiger partial charge in [-0.1, -0.05) is 12.1 Å². The molecule has 1 heterocycles. The fourth-order valence-electron chi connectivity index (χ4n) is 2.61. The molecule has 9 heteroatoms. The van der Waals surface area contributed by atoms with E-state index in [1.54, 1.807) is 12.1 Å². The van der Waals surface area contributed by atoms with Crippen LogP contribution in [0.25, 0.3) is 5.69 Å². The molecule has 158 valence electrons. The SMILES string of the molecule is COC(CNC(=O)c1nn(-c2ccc(F)cc2)cc1OCc1ccc(F)cc1)OC. The molecular weight excluding hydrogens is 396 g/mol. The van der Waals surface area contributed by atoms with E-state index in [1.807, 2.05) is 0 Å². The number of methoxy groups -OCH3 is 2. The number of nitrogens with one attached hydrogen (secondary N) is 1. The van der Waals surface area contributed by atoms with Crippen LogP contribution in [0, 0.1) is 11.6 Å². The minimum Gasteiger partial charge on any atom is -0.485 e. The highest BCUT2D eigenvalue weighted by Gasteiger charge is 2.20. The van der Waals surface area contributed by atoms with E-state index in [-0.39, 0.29) is 36.2 Å². The largest absolute Gasteiger partial charge is 0.485 e. The second-order valence-corrected chi connectivity index (χ2v) is 6.29. The molecule has 0 aliphatic carbocycles. The van der Waals surface area contributed by atoms with Crippen molar-refractivity contribution in [3.8, 4) is 11.4 Å². The lowest BCUT2D eigenvalue weighted by Crippen LogP contribution is -2.34. The van der Waals surface area contributed by atoms with Gasteiger partial charge in [-0.15, -0.1) is 0 Å². The zero-order chi connectivity index (χ0) is 21.5. The average molecular weight is 417 g/mol. The molecule has 1 amide bonds. The number of halogens is 2. The Morgan fingerprint density at radius 2 is 1.63 bits per heavy atom. The van der Waals surface area contributed by atoms with E-state index in [4.69, 9.17) is 14.2 Å². The van der Waals surface area contributed by atoms with Crippen molar-refractivity contribution >= 4 is 5.91 Å². The molecule has 0 aliphatic heterocycles. The molecule has 1 aromatic heterocycles.